The van der Waals surface area contributed by atoms with Crippen molar-refractivity contribution in [3.63, 3.8) is 0 Å². The van der Waals surface area contributed by atoms with Crippen LogP contribution in [0.4, 0.5) is 0 Å². The number of ether oxygens (including phenoxy) is 2. The highest BCUT2D eigenvalue weighted by molar-refractivity contribution is 9.10. The average molecular weight is 630 g/mol. The monoisotopic (exact) mass is 629 g/mol. The third-order valence-corrected chi connectivity index (χ3v) is 7.39. The van der Waals surface area contributed by atoms with Gasteiger partial charge in [-0.05, 0) is 55.1 Å². The molecule has 0 aliphatic heterocycles. The lowest BCUT2D eigenvalue weighted by atomic mass is 10.0. The van der Waals surface area contributed by atoms with Crippen LogP contribution in [0.25, 0.3) is 22.2 Å². The zero-order valence-electron chi connectivity index (χ0n) is 22.0. The number of pyridine rings is 1. The molecule has 0 spiro atoms. The molecule has 0 saturated carbocycles. The highest BCUT2D eigenvalue weighted by atomic mass is 79.9. The number of nitriles is 1. The van der Waals surface area contributed by atoms with Crippen LogP contribution in [0, 0.1) is 11.3 Å². The standard InChI is InChI=1S/C30H24BrN5O6/c31-27-20(7-4-8-22(27)19-5-2-1-3-6-19)17-41-26-12-25(40-16-18-9-10-33-21(11-18)13-32)23(28-29(26)36-42-35-28)14-34-24(15-37)30(38)39/h1-12,24,34,37H,14-17H2,(H,38,39)/t24-/m1/s1. The summed E-state index contributed by atoms with van der Waals surface area (Å²) in [6.45, 7) is -0.380. The number of halogens is 1. The van der Waals surface area contributed by atoms with Crippen LogP contribution < -0.4 is 14.8 Å². The molecule has 0 aliphatic carbocycles. The number of nitrogens with zero attached hydrogens (tertiary/aromatic N) is 4. The molecule has 0 bridgehead atoms. The fraction of sp³-hybridized carbons (Fsp3) is 0.167. The lowest BCUT2D eigenvalue weighted by Gasteiger charge is -2.17. The molecule has 42 heavy (non-hydrogen) atoms. The van der Waals surface area contributed by atoms with Crippen LogP contribution in [-0.4, -0.2) is 44.1 Å². The van der Waals surface area contributed by atoms with Gasteiger partial charge in [-0.1, -0.05) is 48.5 Å². The summed E-state index contributed by atoms with van der Waals surface area (Å²) in [5.74, 6) is -0.542. The van der Waals surface area contributed by atoms with Crippen molar-refractivity contribution >= 4 is 32.9 Å². The Bertz CT molecular complexity index is 1750. The number of aromatic nitrogens is 3. The Morgan fingerprint density at radius 3 is 2.57 bits per heavy atom. The maximum Gasteiger partial charge on any atom is 0.323 e. The van der Waals surface area contributed by atoms with Crippen molar-refractivity contribution < 1.29 is 29.1 Å². The first-order valence-electron chi connectivity index (χ1n) is 12.8. The minimum atomic E-state index is -1.21. The Morgan fingerprint density at radius 1 is 1.02 bits per heavy atom. The first kappa shape index (κ1) is 28.7. The van der Waals surface area contributed by atoms with Gasteiger partial charge in [0.05, 0.1) is 6.61 Å². The van der Waals surface area contributed by atoms with Crippen molar-refractivity contribution in [2.45, 2.75) is 25.8 Å². The van der Waals surface area contributed by atoms with Gasteiger partial charge in [-0.2, -0.15) is 5.26 Å². The van der Waals surface area contributed by atoms with E-state index < -0.39 is 18.6 Å². The van der Waals surface area contributed by atoms with Gasteiger partial charge in [0.1, 0.15) is 42.3 Å². The van der Waals surface area contributed by atoms with E-state index in [2.05, 4.69) is 36.5 Å². The number of aliphatic carboxylic acids is 1. The molecule has 0 unspecified atom stereocenters. The predicted octanol–water partition coefficient (Wildman–Crippen LogP) is 4.61. The Balaban J connectivity index is 1.47. The van der Waals surface area contributed by atoms with E-state index in [0.717, 1.165) is 21.2 Å². The molecule has 5 rings (SSSR count). The molecule has 3 aromatic carbocycles. The molecular formula is C30H24BrN5O6. The Hall–Kier alpha value is -4.83. The maximum atomic E-state index is 11.5. The molecule has 0 aliphatic rings. The summed E-state index contributed by atoms with van der Waals surface area (Å²) in [5, 5.41) is 38.9. The quantitative estimate of drug-likeness (QED) is 0.176. The van der Waals surface area contributed by atoms with Crippen molar-refractivity contribution in [2.75, 3.05) is 6.61 Å². The van der Waals surface area contributed by atoms with Crippen LogP contribution in [0.2, 0.25) is 0 Å². The molecule has 11 nitrogen and oxygen atoms in total. The van der Waals surface area contributed by atoms with Gasteiger partial charge in [-0.15, -0.1) is 0 Å². The van der Waals surface area contributed by atoms with Crippen molar-refractivity contribution in [3.8, 4) is 28.7 Å². The van der Waals surface area contributed by atoms with Crippen molar-refractivity contribution in [3.05, 3.63) is 99.8 Å². The number of rotatable bonds is 12. The Morgan fingerprint density at radius 2 is 1.81 bits per heavy atom. The second-order valence-corrected chi connectivity index (χ2v) is 9.94. The molecule has 3 N–H and O–H groups in total. The highest BCUT2D eigenvalue weighted by Crippen LogP contribution is 2.36. The number of carboxylic acids is 1. The molecule has 212 valence electrons. The number of hydrogen-bond acceptors (Lipinski definition) is 10. The Kier molecular flexibility index (Phi) is 9.03. The molecule has 12 heteroatoms. The smallest absolute Gasteiger partial charge is 0.323 e. The number of carbonyl (C=O) groups is 1. The van der Waals surface area contributed by atoms with Gasteiger partial charge in [-0.25, -0.2) is 9.61 Å². The molecule has 0 saturated heterocycles. The second-order valence-electron chi connectivity index (χ2n) is 9.15. The van der Waals surface area contributed by atoms with Crippen LogP contribution in [0.1, 0.15) is 22.4 Å². The number of benzene rings is 3. The minimum Gasteiger partial charge on any atom is -0.488 e. The maximum absolute atomic E-state index is 11.5. The second kappa shape index (κ2) is 13.2. The molecule has 1 atom stereocenters. The lowest BCUT2D eigenvalue weighted by molar-refractivity contribution is -0.140. The fourth-order valence-electron chi connectivity index (χ4n) is 4.28. The molecule has 2 heterocycles. The number of carboxylic acid groups (broad SMARTS) is 1. The summed E-state index contributed by atoms with van der Waals surface area (Å²) in [6.07, 6.45) is 1.51. The number of hydrogen-bond donors (Lipinski definition) is 3. The molecule has 0 amide bonds. The van der Waals surface area contributed by atoms with Crippen LogP contribution in [-0.2, 0) is 24.6 Å². The first-order chi connectivity index (χ1) is 20.5. The van der Waals surface area contributed by atoms with E-state index in [0.29, 0.717) is 33.7 Å². The van der Waals surface area contributed by atoms with Crippen LogP contribution in [0.5, 0.6) is 11.5 Å². The third-order valence-electron chi connectivity index (χ3n) is 6.45. The van der Waals surface area contributed by atoms with Crippen LogP contribution >= 0.6 is 15.9 Å². The summed E-state index contributed by atoms with van der Waals surface area (Å²) >= 11 is 3.72. The highest BCUT2D eigenvalue weighted by Gasteiger charge is 2.23. The van der Waals surface area contributed by atoms with Gasteiger partial charge in [0.15, 0.2) is 11.3 Å². The van der Waals surface area contributed by atoms with E-state index in [1.54, 1.807) is 18.2 Å². The lowest BCUT2D eigenvalue weighted by Crippen LogP contribution is -2.39. The molecule has 5 aromatic rings. The van der Waals surface area contributed by atoms with E-state index >= 15 is 0 Å². The van der Waals surface area contributed by atoms with Gasteiger partial charge >= 0.3 is 5.97 Å². The van der Waals surface area contributed by atoms with Crippen molar-refractivity contribution in [1.82, 2.24) is 20.6 Å². The third kappa shape index (κ3) is 6.39. The number of nitrogens with one attached hydrogen (secondary N) is 1. The number of aliphatic hydroxyl groups excluding tert-OH is 1. The molecule has 0 fully saturated rings. The summed E-state index contributed by atoms with van der Waals surface area (Å²) in [7, 11) is 0. The van der Waals surface area contributed by atoms with E-state index in [1.165, 1.54) is 6.20 Å². The molecular weight excluding hydrogens is 606 g/mol. The fourth-order valence-corrected chi connectivity index (χ4v) is 4.89. The minimum absolute atomic E-state index is 0.0255. The molecule has 0 radical (unpaired) electrons. The topological polar surface area (TPSA) is 164 Å². The molecule has 2 aromatic heterocycles. The summed E-state index contributed by atoms with van der Waals surface area (Å²) < 4.78 is 18.3. The van der Waals surface area contributed by atoms with Gasteiger partial charge in [0.2, 0.25) is 0 Å². The van der Waals surface area contributed by atoms with Crippen molar-refractivity contribution in [1.29, 1.82) is 5.26 Å². The Labute approximate surface area is 248 Å². The van der Waals surface area contributed by atoms with Crippen LogP contribution in [0.3, 0.4) is 0 Å². The number of aliphatic hydroxyl groups is 1. The van der Waals surface area contributed by atoms with Gasteiger partial charge in [0.25, 0.3) is 0 Å². The van der Waals surface area contributed by atoms with E-state index in [4.69, 9.17) is 14.1 Å². The summed E-state index contributed by atoms with van der Waals surface area (Å²) in [4.78, 5) is 15.5. The number of fused-ring (bicyclic) bond motifs is 1. The summed E-state index contributed by atoms with van der Waals surface area (Å²) in [5.41, 5.74) is 4.99. The zero-order valence-corrected chi connectivity index (χ0v) is 23.6. The van der Waals surface area contributed by atoms with Gasteiger partial charge < -0.3 is 19.7 Å². The van der Waals surface area contributed by atoms with E-state index in [9.17, 15) is 20.3 Å². The average Bonchev–Trinajstić information content (AvgIpc) is 3.51. The van der Waals surface area contributed by atoms with E-state index in [-0.39, 0.29) is 25.5 Å². The van der Waals surface area contributed by atoms with Gasteiger partial charge in [0, 0.05) is 34.4 Å². The summed E-state index contributed by atoms with van der Waals surface area (Å²) in [6, 6.07) is 21.6. The van der Waals surface area contributed by atoms with Gasteiger partial charge in [-0.3, -0.25) is 10.1 Å². The normalized spacial score (nSPS) is 11.6. The van der Waals surface area contributed by atoms with E-state index in [1.807, 2.05) is 54.6 Å². The predicted molar refractivity (Wildman–Crippen MR) is 154 cm³/mol. The largest absolute Gasteiger partial charge is 0.488 e. The SMILES string of the molecule is N#Cc1cc(COc2cc(OCc3cccc(-c4ccccc4)c3Br)c3nonc3c2CN[C@H](CO)C(=O)O)ccn1. The van der Waals surface area contributed by atoms with Crippen LogP contribution in [0.15, 0.2) is 82.0 Å². The zero-order chi connectivity index (χ0) is 29.5. The van der Waals surface area contributed by atoms with Crippen molar-refractivity contribution in [2.24, 2.45) is 0 Å². The first-order valence-corrected chi connectivity index (χ1v) is 13.6.